The first-order chi connectivity index (χ1) is 16.1. The van der Waals surface area contributed by atoms with Crippen LogP contribution < -0.4 is 18.9 Å². The molecule has 2 rings (SSSR count). The molecule has 1 N–H and O–H groups in total. The Balaban J connectivity index is 2.16. The topological polar surface area (TPSA) is 108 Å². The highest BCUT2D eigenvalue weighted by atomic mass is 19.1. The van der Waals surface area contributed by atoms with Gasteiger partial charge in [-0.2, -0.15) is 4.39 Å². The van der Waals surface area contributed by atoms with Crippen LogP contribution in [0.2, 0.25) is 0 Å². The molecule has 0 fully saturated rings. The van der Waals surface area contributed by atoms with Crippen molar-refractivity contribution in [3.05, 3.63) is 71.3 Å². The summed E-state index contributed by atoms with van der Waals surface area (Å²) in [7, 11) is 2.77. The number of esters is 2. The van der Waals surface area contributed by atoms with Crippen molar-refractivity contribution in [3.63, 3.8) is 0 Å². The molecule has 0 atom stereocenters. The van der Waals surface area contributed by atoms with Gasteiger partial charge in [-0.1, -0.05) is 24.3 Å². The van der Waals surface area contributed by atoms with E-state index in [0.29, 0.717) is 11.1 Å². The second-order valence-electron chi connectivity index (χ2n) is 6.74. The molecule has 0 spiro atoms. The van der Waals surface area contributed by atoms with Crippen LogP contribution in [0.15, 0.2) is 60.1 Å². The van der Waals surface area contributed by atoms with Gasteiger partial charge in [0, 0.05) is 13.8 Å². The van der Waals surface area contributed by atoms with Gasteiger partial charge in [0.05, 0.1) is 14.2 Å². The minimum Gasteiger partial charge on any atom is -0.505 e. The number of carbonyl (C=O) groups excluding carboxylic acids is 3. The average Bonchev–Trinajstić information content (AvgIpc) is 2.80. The normalized spacial score (nSPS) is 11.8. The Kier molecular flexibility index (Phi) is 9.13. The molecular weight excluding hydrogens is 447 g/mol. The predicted octanol–water partition coefficient (Wildman–Crippen LogP) is 4.59. The quantitative estimate of drug-likeness (QED) is 0.186. The summed E-state index contributed by atoms with van der Waals surface area (Å²) >= 11 is 0. The highest BCUT2D eigenvalue weighted by Crippen LogP contribution is 2.30. The maximum absolute atomic E-state index is 14.3. The standard InChI is InChI=1S/C25H23FO8/c1-15(27)33-21-11-7-17(13-23(21)31-3)5-9-19(29)25(26)20(30)10-6-18-8-12-22(34-16(2)28)24(14-18)32-4/h5-14,29H,1-4H3/b9-5+,10-6+,25-19+. The third-order valence-electron chi connectivity index (χ3n) is 4.18. The predicted molar refractivity (Wildman–Crippen MR) is 122 cm³/mol. The molecule has 0 aliphatic rings. The Bertz CT molecular complexity index is 1180. The summed E-state index contributed by atoms with van der Waals surface area (Å²) in [5.41, 5.74) is 0.971. The van der Waals surface area contributed by atoms with E-state index in [9.17, 15) is 23.9 Å². The van der Waals surface area contributed by atoms with E-state index in [1.807, 2.05) is 0 Å². The molecule has 0 radical (unpaired) electrons. The number of ketones is 1. The molecule has 0 aliphatic carbocycles. The third-order valence-corrected chi connectivity index (χ3v) is 4.18. The molecule has 2 aromatic carbocycles. The first kappa shape index (κ1) is 25.9. The van der Waals surface area contributed by atoms with Crippen LogP contribution in [0.5, 0.6) is 23.0 Å². The lowest BCUT2D eigenvalue weighted by atomic mass is 10.1. The van der Waals surface area contributed by atoms with Crippen molar-refractivity contribution in [2.75, 3.05) is 14.2 Å². The fourth-order valence-corrected chi connectivity index (χ4v) is 2.67. The molecule has 0 bridgehead atoms. The minimum absolute atomic E-state index is 0.199. The van der Waals surface area contributed by atoms with Crippen LogP contribution in [0.3, 0.4) is 0 Å². The number of hydrogen-bond donors (Lipinski definition) is 1. The first-order valence-corrected chi connectivity index (χ1v) is 9.86. The first-order valence-electron chi connectivity index (χ1n) is 9.86. The molecule has 0 saturated carbocycles. The summed E-state index contributed by atoms with van der Waals surface area (Å²) in [4.78, 5) is 34.3. The average molecular weight is 470 g/mol. The highest BCUT2D eigenvalue weighted by Gasteiger charge is 2.12. The summed E-state index contributed by atoms with van der Waals surface area (Å²) in [6.45, 7) is 2.50. The van der Waals surface area contributed by atoms with Crippen molar-refractivity contribution >= 4 is 29.9 Å². The molecule has 0 heterocycles. The molecule has 2 aromatic rings. The van der Waals surface area contributed by atoms with Crippen molar-refractivity contribution in [3.8, 4) is 23.0 Å². The van der Waals surface area contributed by atoms with Gasteiger partial charge in [0.1, 0.15) is 0 Å². The van der Waals surface area contributed by atoms with E-state index in [4.69, 9.17) is 18.9 Å². The van der Waals surface area contributed by atoms with Crippen molar-refractivity contribution in [1.82, 2.24) is 0 Å². The summed E-state index contributed by atoms with van der Waals surface area (Å²) in [6.07, 6.45) is 4.62. The summed E-state index contributed by atoms with van der Waals surface area (Å²) < 4.78 is 34.6. The number of aliphatic hydroxyl groups is 1. The van der Waals surface area contributed by atoms with Crippen molar-refractivity contribution in [1.29, 1.82) is 0 Å². The van der Waals surface area contributed by atoms with E-state index in [-0.39, 0.29) is 23.0 Å². The van der Waals surface area contributed by atoms with Crippen molar-refractivity contribution < 1.29 is 42.8 Å². The molecule has 0 aromatic heterocycles. The van der Waals surface area contributed by atoms with E-state index < -0.39 is 29.3 Å². The van der Waals surface area contributed by atoms with Gasteiger partial charge >= 0.3 is 11.9 Å². The van der Waals surface area contributed by atoms with E-state index in [1.54, 1.807) is 12.1 Å². The van der Waals surface area contributed by atoms with Crippen LogP contribution in [0.1, 0.15) is 25.0 Å². The SMILES string of the molecule is COc1cc(/C=C/C(=O)/C(F)=C(O)/C=C/c2ccc(OC(C)=O)c(OC)c2)ccc1OC(C)=O. The van der Waals surface area contributed by atoms with Gasteiger partial charge < -0.3 is 24.1 Å². The Morgan fingerprint density at radius 2 is 1.21 bits per heavy atom. The van der Waals surface area contributed by atoms with E-state index in [0.717, 1.165) is 12.2 Å². The number of rotatable bonds is 9. The molecular formula is C25H23FO8. The van der Waals surface area contributed by atoms with Crippen LogP contribution >= 0.6 is 0 Å². The summed E-state index contributed by atoms with van der Waals surface area (Å²) in [6, 6.07) is 9.05. The Morgan fingerprint density at radius 1 is 0.765 bits per heavy atom. The van der Waals surface area contributed by atoms with Gasteiger partial charge in [-0.3, -0.25) is 14.4 Å². The molecule has 0 aliphatic heterocycles. The van der Waals surface area contributed by atoms with Gasteiger partial charge in [0.25, 0.3) is 0 Å². The molecule has 0 unspecified atom stereocenters. The number of benzene rings is 2. The number of hydrogen-bond acceptors (Lipinski definition) is 8. The second-order valence-corrected chi connectivity index (χ2v) is 6.74. The van der Waals surface area contributed by atoms with Crippen LogP contribution in [-0.4, -0.2) is 37.0 Å². The Hall–Kier alpha value is -4.40. The Morgan fingerprint density at radius 3 is 1.62 bits per heavy atom. The Labute approximate surface area is 195 Å². The maximum Gasteiger partial charge on any atom is 0.308 e. The number of aliphatic hydroxyl groups excluding tert-OH is 1. The van der Waals surface area contributed by atoms with Crippen LogP contribution in [0, 0.1) is 0 Å². The molecule has 8 nitrogen and oxygen atoms in total. The smallest absolute Gasteiger partial charge is 0.308 e. The van der Waals surface area contributed by atoms with Crippen molar-refractivity contribution in [2.45, 2.75) is 13.8 Å². The largest absolute Gasteiger partial charge is 0.505 e. The van der Waals surface area contributed by atoms with Gasteiger partial charge in [-0.25, -0.2) is 0 Å². The maximum atomic E-state index is 14.3. The lowest BCUT2D eigenvalue weighted by Gasteiger charge is -2.08. The van der Waals surface area contributed by atoms with Gasteiger partial charge in [0.15, 0.2) is 28.8 Å². The molecule has 0 saturated heterocycles. The minimum atomic E-state index is -1.36. The lowest BCUT2D eigenvalue weighted by molar-refractivity contribution is -0.132. The molecule has 178 valence electrons. The van der Waals surface area contributed by atoms with Gasteiger partial charge in [-0.05, 0) is 47.5 Å². The monoisotopic (exact) mass is 470 g/mol. The zero-order chi connectivity index (χ0) is 25.3. The number of halogens is 1. The zero-order valence-electron chi connectivity index (χ0n) is 19.0. The van der Waals surface area contributed by atoms with Crippen LogP contribution in [0.4, 0.5) is 4.39 Å². The lowest BCUT2D eigenvalue weighted by Crippen LogP contribution is -2.03. The van der Waals surface area contributed by atoms with Crippen molar-refractivity contribution in [2.24, 2.45) is 0 Å². The van der Waals surface area contributed by atoms with E-state index >= 15 is 0 Å². The summed E-state index contributed by atoms with van der Waals surface area (Å²) in [5.74, 6) is -3.42. The van der Waals surface area contributed by atoms with Crippen LogP contribution in [-0.2, 0) is 14.4 Å². The number of methoxy groups -OCH3 is 2. The summed E-state index contributed by atoms with van der Waals surface area (Å²) in [5, 5.41) is 9.94. The zero-order valence-corrected chi connectivity index (χ0v) is 19.0. The second kappa shape index (κ2) is 12.0. The number of allylic oxidation sites excluding steroid dienone is 3. The highest BCUT2D eigenvalue weighted by molar-refractivity contribution is 6.05. The molecule has 34 heavy (non-hydrogen) atoms. The van der Waals surface area contributed by atoms with Crippen LogP contribution in [0.25, 0.3) is 12.2 Å². The van der Waals surface area contributed by atoms with Gasteiger partial charge in [-0.15, -0.1) is 0 Å². The van der Waals surface area contributed by atoms with E-state index in [1.165, 1.54) is 64.5 Å². The number of carbonyl (C=O) groups is 3. The fourth-order valence-electron chi connectivity index (χ4n) is 2.67. The van der Waals surface area contributed by atoms with Gasteiger partial charge in [0.2, 0.25) is 11.6 Å². The molecule has 9 heteroatoms. The number of ether oxygens (including phenoxy) is 4. The van der Waals surface area contributed by atoms with E-state index in [2.05, 4.69) is 0 Å². The fraction of sp³-hybridized carbons (Fsp3) is 0.160. The third kappa shape index (κ3) is 7.33. The molecule has 0 amide bonds.